The Morgan fingerprint density at radius 2 is 2.07 bits per heavy atom. The molecular weight excluding hydrogens is 382 g/mol. The summed E-state index contributed by atoms with van der Waals surface area (Å²) in [6, 6.07) is 6.65. The molecule has 2 aromatic heterocycles. The van der Waals surface area contributed by atoms with Crippen molar-refractivity contribution in [3.05, 3.63) is 54.1 Å². The Hall–Kier alpha value is -3.56. The largest absolute Gasteiger partial charge is 0.370 e. The summed E-state index contributed by atoms with van der Waals surface area (Å²) in [4.78, 5) is 23.3. The lowest BCUT2D eigenvalue weighted by Crippen LogP contribution is -2.12. The van der Waals surface area contributed by atoms with E-state index in [1.807, 2.05) is 0 Å². The molecule has 0 saturated heterocycles. The van der Waals surface area contributed by atoms with E-state index in [0.29, 0.717) is 45.7 Å². The number of nitrogens with zero attached hydrogens (tertiary/aromatic N) is 4. The zero-order valence-electron chi connectivity index (χ0n) is 15.7. The number of carbonyl (C=O) groups excluding carboxylic acids is 2. The average Bonchev–Trinajstić information content (AvgIpc) is 3.28. The summed E-state index contributed by atoms with van der Waals surface area (Å²) in [5, 5.41) is 10.7. The molecule has 0 aliphatic heterocycles. The highest BCUT2D eigenvalue weighted by Crippen LogP contribution is 2.25. The first-order valence-corrected chi connectivity index (χ1v) is 8.90. The summed E-state index contributed by atoms with van der Waals surface area (Å²) >= 11 is 0. The van der Waals surface area contributed by atoms with Crippen molar-refractivity contribution in [3.8, 4) is 11.1 Å². The first-order valence-electron chi connectivity index (χ1n) is 8.90. The molecule has 2 amide bonds. The number of halogens is 2. The molecule has 0 radical (unpaired) electrons. The lowest BCUT2D eigenvalue weighted by atomic mass is 10.0. The Kier molecular flexibility index (Phi) is 6.01. The van der Waals surface area contributed by atoms with Crippen molar-refractivity contribution < 1.29 is 18.4 Å². The first kappa shape index (κ1) is 20.2. The van der Waals surface area contributed by atoms with E-state index in [1.165, 1.54) is 12.4 Å². The Morgan fingerprint density at radius 1 is 1.28 bits per heavy atom. The smallest absolute Gasteiger partial charge is 0.333 e. The normalized spacial score (nSPS) is 11.0. The molecule has 152 valence electrons. The molecule has 2 heterocycles. The van der Waals surface area contributed by atoms with Gasteiger partial charge in [0.2, 0.25) is 5.91 Å². The average molecular weight is 402 g/mol. The van der Waals surface area contributed by atoms with E-state index in [2.05, 4.69) is 15.5 Å². The van der Waals surface area contributed by atoms with Crippen molar-refractivity contribution in [1.82, 2.24) is 19.6 Å². The van der Waals surface area contributed by atoms with E-state index in [1.54, 1.807) is 42.1 Å². The van der Waals surface area contributed by atoms with Gasteiger partial charge in [0.05, 0.1) is 17.6 Å². The number of carbonyl (C=O) groups is 2. The fourth-order valence-corrected chi connectivity index (χ4v) is 2.86. The Bertz CT molecular complexity index is 1030. The lowest BCUT2D eigenvalue weighted by molar-refractivity contribution is -0.118. The van der Waals surface area contributed by atoms with Crippen molar-refractivity contribution in [2.24, 2.45) is 5.73 Å². The third-order valence-corrected chi connectivity index (χ3v) is 4.25. The zero-order valence-corrected chi connectivity index (χ0v) is 15.7. The molecular formula is C19H20F2N6O2. The number of hydrogen-bond acceptors (Lipinski definition) is 4. The number of amides is 2. The van der Waals surface area contributed by atoms with Crippen molar-refractivity contribution in [2.75, 3.05) is 5.32 Å². The van der Waals surface area contributed by atoms with Gasteiger partial charge in [-0.2, -0.15) is 19.0 Å². The van der Waals surface area contributed by atoms with Crippen LogP contribution in [0.3, 0.4) is 0 Å². The van der Waals surface area contributed by atoms with Gasteiger partial charge in [-0.25, -0.2) is 4.68 Å². The van der Waals surface area contributed by atoms with Crippen LogP contribution in [0.1, 0.15) is 35.4 Å². The predicted molar refractivity (Wildman–Crippen MR) is 102 cm³/mol. The van der Waals surface area contributed by atoms with Gasteiger partial charge in [-0.3, -0.25) is 14.3 Å². The summed E-state index contributed by atoms with van der Waals surface area (Å²) in [5.74, 6) is -0.734. The Balaban J connectivity index is 1.70. The van der Waals surface area contributed by atoms with Gasteiger partial charge >= 0.3 is 6.55 Å². The Morgan fingerprint density at radius 3 is 2.76 bits per heavy atom. The molecule has 0 aliphatic carbocycles. The molecule has 3 aromatic rings. The monoisotopic (exact) mass is 402 g/mol. The quantitative estimate of drug-likeness (QED) is 0.604. The number of anilines is 1. The van der Waals surface area contributed by atoms with Gasteiger partial charge in [-0.1, -0.05) is 12.1 Å². The molecule has 10 heteroatoms. The SMILES string of the molecule is Cc1nn(C(F)F)cc1-c1cccc(C(=O)Nc2cnn(CCCC(N)=O)c2)c1. The minimum absolute atomic E-state index is 0.260. The van der Waals surface area contributed by atoms with Crippen molar-refractivity contribution >= 4 is 17.5 Å². The lowest BCUT2D eigenvalue weighted by Gasteiger charge is -2.05. The molecule has 29 heavy (non-hydrogen) atoms. The highest BCUT2D eigenvalue weighted by molar-refractivity contribution is 6.04. The van der Waals surface area contributed by atoms with Crippen LogP contribution in [0.15, 0.2) is 42.9 Å². The summed E-state index contributed by atoms with van der Waals surface area (Å²) in [7, 11) is 0. The van der Waals surface area contributed by atoms with Gasteiger partial charge in [0, 0.05) is 36.5 Å². The summed E-state index contributed by atoms with van der Waals surface area (Å²) in [5.41, 5.74) is 7.56. The maximum Gasteiger partial charge on any atom is 0.333 e. The second-order valence-electron chi connectivity index (χ2n) is 6.48. The molecule has 3 rings (SSSR count). The summed E-state index contributed by atoms with van der Waals surface area (Å²) in [6.07, 6.45) is 5.23. The van der Waals surface area contributed by atoms with Crippen molar-refractivity contribution in [1.29, 1.82) is 0 Å². The van der Waals surface area contributed by atoms with Crippen LogP contribution in [-0.4, -0.2) is 31.4 Å². The fourth-order valence-electron chi connectivity index (χ4n) is 2.86. The van der Waals surface area contributed by atoms with E-state index in [9.17, 15) is 18.4 Å². The molecule has 1 aromatic carbocycles. The van der Waals surface area contributed by atoms with E-state index in [-0.39, 0.29) is 18.2 Å². The minimum Gasteiger partial charge on any atom is -0.370 e. The van der Waals surface area contributed by atoms with Gasteiger partial charge in [0.25, 0.3) is 5.91 Å². The van der Waals surface area contributed by atoms with E-state index in [4.69, 9.17) is 5.73 Å². The highest BCUT2D eigenvalue weighted by atomic mass is 19.3. The van der Waals surface area contributed by atoms with Gasteiger partial charge < -0.3 is 11.1 Å². The van der Waals surface area contributed by atoms with Gasteiger partial charge in [-0.05, 0) is 31.0 Å². The molecule has 0 aliphatic rings. The number of benzene rings is 1. The standard InChI is InChI=1S/C19H20F2N6O2/c1-12-16(11-27(25-12)19(20)21)13-4-2-5-14(8-13)18(29)24-15-9-23-26(10-15)7-3-6-17(22)28/h2,4-5,8-11,19H,3,6-7H2,1H3,(H2,22,28)(H,24,29). The highest BCUT2D eigenvalue weighted by Gasteiger charge is 2.15. The zero-order chi connectivity index (χ0) is 21.0. The molecule has 0 unspecified atom stereocenters. The van der Waals surface area contributed by atoms with Crippen LogP contribution in [0.4, 0.5) is 14.5 Å². The van der Waals surface area contributed by atoms with Gasteiger partial charge in [0.1, 0.15) is 0 Å². The van der Waals surface area contributed by atoms with Gasteiger partial charge in [-0.15, -0.1) is 0 Å². The number of alkyl halides is 2. The fraction of sp³-hybridized carbons (Fsp3) is 0.263. The molecule has 8 nitrogen and oxygen atoms in total. The van der Waals surface area contributed by atoms with Crippen LogP contribution < -0.4 is 11.1 Å². The summed E-state index contributed by atoms with van der Waals surface area (Å²) < 4.78 is 27.9. The number of nitrogens with two attached hydrogens (primary N) is 1. The number of aromatic nitrogens is 4. The van der Waals surface area contributed by atoms with Crippen LogP contribution in [-0.2, 0) is 11.3 Å². The van der Waals surface area contributed by atoms with Crippen LogP contribution >= 0.6 is 0 Å². The van der Waals surface area contributed by atoms with E-state index >= 15 is 0 Å². The van der Waals surface area contributed by atoms with Crippen LogP contribution in [0.25, 0.3) is 11.1 Å². The van der Waals surface area contributed by atoms with Crippen molar-refractivity contribution in [2.45, 2.75) is 32.9 Å². The number of rotatable bonds is 8. The molecule has 0 bridgehead atoms. The number of hydrogen-bond donors (Lipinski definition) is 2. The first-order chi connectivity index (χ1) is 13.8. The molecule has 0 atom stereocenters. The van der Waals surface area contributed by atoms with Crippen molar-refractivity contribution in [3.63, 3.8) is 0 Å². The van der Waals surface area contributed by atoms with E-state index < -0.39 is 6.55 Å². The van der Waals surface area contributed by atoms with E-state index in [0.717, 1.165) is 0 Å². The second-order valence-corrected chi connectivity index (χ2v) is 6.48. The minimum atomic E-state index is -2.73. The molecule has 0 spiro atoms. The Labute approximate surface area is 165 Å². The number of primary amides is 1. The van der Waals surface area contributed by atoms with Crippen LogP contribution in [0.2, 0.25) is 0 Å². The number of aryl methyl sites for hydroxylation is 2. The van der Waals surface area contributed by atoms with Crippen LogP contribution in [0, 0.1) is 6.92 Å². The van der Waals surface area contributed by atoms with Crippen LogP contribution in [0.5, 0.6) is 0 Å². The maximum absolute atomic E-state index is 12.9. The van der Waals surface area contributed by atoms with Gasteiger partial charge in [0.15, 0.2) is 0 Å². The molecule has 0 fully saturated rings. The number of nitrogens with one attached hydrogen (secondary N) is 1. The molecule has 3 N–H and O–H groups in total. The second kappa shape index (κ2) is 8.63. The molecule has 0 saturated carbocycles. The summed E-state index contributed by atoms with van der Waals surface area (Å²) in [6.45, 7) is -0.594. The third-order valence-electron chi connectivity index (χ3n) is 4.25. The third kappa shape index (κ3) is 5.03. The maximum atomic E-state index is 12.9. The topological polar surface area (TPSA) is 108 Å². The predicted octanol–water partition coefficient (Wildman–Crippen LogP) is 2.97.